The highest BCUT2D eigenvalue weighted by Crippen LogP contribution is 2.28. The predicted molar refractivity (Wildman–Crippen MR) is 80.6 cm³/mol. The standard InChI is InChI=1S/C16H24F2N2O/c1-3-7-21-13-5-4-6-20(11-13)16-14(17)8-12(10-19-2)9-15(16)18/h8-9,13,19H,3-7,10-11H2,1-2H3. The number of nitrogens with zero attached hydrogens (tertiary/aromatic N) is 1. The Kier molecular flexibility index (Phi) is 5.94. The summed E-state index contributed by atoms with van der Waals surface area (Å²) in [5.41, 5.74) is 0.701. The number of anilines is 1. The Balaban J connectivity index is 2.13. The summed E-state index contributed by atoms with van der Waals surface area (Å²) in [6.45, 7) is 4.44. The van der Waals surface area contributed by atoms with Gasteiger partial charge in [0.05, 0.1) is 6.10 Å². The van der Waals surface area contributed by atoms with Gasteiger partial charge in [0.2, 0.25) is 0 Å². The van der Waals surface area contributed by atoms with Crippen molar-refractivity contribution in [2.24, 2.45) is 0 Å². The molecule has 5 heteroatoms. The van der Waals surface area contributed by atoms with E-state index >= 15 is 0 Å². The van der Waals surface area contributed by atoms with Gasteiger partial charge in [0.15, 0.2) is 0 Å². The molecule has 0 aromatic heterocycles. The van der Waals surface area contributed by atoms with Crippen molar-refractivity contribution in [3.63, 3.8) is 0 Å². The number of benzene rings is 1. The maximum absolute atomic E-state index is 14.2. The van der Waals surface area contributed by atoms with E-state index in [9.17, 15) is 8.78 Å². The van der Waals surface area contributed by atoms with Gasteiger partial charge in [-0.05, 0) is 44.0 Å². The third-order valence-electron chi connectivity index (χ3n) is 3.71. The molecule has 1 heterocycles. The largest absolute Gasteiger partial charge is 0.376 e. The highest BCUT2D eigenvalue weighted by Gasteiger charge is 2.25. The number of hydrogen-bond acceptors (Lipinski definition) is 3. The summed E-state index contributed by atoms with van der Waals surface area (Å²) in [6.07, 6.45) is 2.87. The first-order chi connectivity index (χ1) is 10.2. The van der Waals surface area contributed by atoms with Crippen LogP contribution in [0.1, 0.15) is 31.7 Å². The van der Waals surface area contributed by atoms with Gasteiger partial charge >= 0.3 is 0 Å². The van der Waals surface area contributed by atoms with Crippen molar-refractivity contribution in [2.45, 2.75) is 38.8 Å². The van der Waals surface area contributed by atoms with Crippen LogP contribution in [0, 0.1) is 11.6 Å². The van der Waals surface area contributed by atoms with Gasteiger partial charge in [-0.3, -0.25) is 0 Å². The summed E-state index contributed by atoms with van der Waals surface area (Å²) in [5.74, 6) is -0.979. The van der Waals surface area contributed by atoms with Gasteiger partial charge in [0.1, 0.15) is 17.3 Å². The number of rotatable bonds is 6. The number of halogens is 2. The van der Waals surface area contributed by atoms with Gasteiger partial charge in [-0.25, -0.2) is 8.78 Å². The van der Waals surface area contributed by atoms with E-state index in [1.54, 1.807) is 11.9 Å². The maximum Gasteiger partial charge on any atom is 0.149 e. The summed E-state index contributed by atoms with van der Waals surface area (Å²) in [7, 11) is 1.75. The normalized spacial score (nSPS) is 19.0. The van der Waals surface area contributed by atoms with E-state index in [4.69, 9.17) is 4.74 Å². The van der Waals surface area contributed by atoms with Crippen molar-refractivity contribution in [2.75, 3.05) is 31.6 Å². The maximum atomic E-state index is 14.2. The molecule has 1 N–H and O–H groups in total. The Morgan fingerprint density at radius 3 is 2.67 bits per heavy atom. The van der Waals surface area contributed by atoms with Gasteiger partial charge in [-0.2, -0.15) is 0 Å². The molecule has 2 rings (SSSR count). The molecule has 3 nitrogen and oxygen atoms in total. The molecule has 1 atom stereocenters. The number of nitrogens with one attached hydrogen (secondary N) is 1. The summed E-state index contributed by atoms with van der Waals surface area (Å²) >= 11 is 0. The third kappa shape index (κ3) is 4.14. The van der Waals surface area contributed by atoms with E-state index in [0.29, 0.717) is 31.8 Å². The van der Waals surface area contributed by atoms with Crippen LogP contribution in [0.5, 0.6) is 0 Å². The molecule has 1 unspecified atom stereocenters. The SMILES string of the molecule is CCCOC1CCCN(c2c(F)cc(CNC)cc2F)C1. The van der Waals surface area contributed by atoms with Crippen LogP contribution in [0.4, 0.5) is 14.5 Å². The average molecular weight is 298 g/mol. The van der Waals surface area contributed by atoms with Gasteiger partial charge in [0, 0.05) is 26.2 Å². The Morgan fingerprint density at radius 2 is 2.05 bits per heavy atom. The van der Waals surface area contributed by atoms with Crippen molar-refractivity contribution < 1.29 is 13.5 Å². The fraction of sp³-hybridized carbons (Fsp3) is 0.625. The molecule has 0 aliphatic carbocycles. The first-order valence-corrected chi connectivity index (χ1v) is 7.64. The van der Waals surface area contributed by atoms with E-state index in [0.717, 1.165) is 19.3 Å². The zero-order valence-electron chi connectivity index (χ0n) is 12.8. The third-order valence-corrected chi connectivity index (χ3v) is 3.71. The van der Waals surface area contributed by atoms with E-state index in [2.05, 4.69) is 12.2 Å². The fourth-order valence-electron chi connectivity index (χ4n) is 2.79. The fourth-order valence-corrected chi connectivity index (χ4v) is 2.79. The lowest BCUT2D eigenvalue weighted by Gasteiger charge is -2.34. The molecule has 1 saturated heterocycles. The van der Waals surface area contributed by atoms with Crippen molar-refractivity contribution >= 4 is 5.69 Å². The minimum atomic E-state index is -0.489. The Hall–Kier alpha value is -1.20. The first kappa shape index (κ1) is 16.2. The van der Waals surface area contributed by atoms with Crippen LogP contribution in [0.2, 0.25) is 0 Å². The molecule has 1 aromatic rings. The summed E-state index contributed by atoms with van der Waals surface area (Å²) in [4.78, 5) is 1.78. The van der Waals surface area contributed by atoms with Crippen LogP contribution in [-0.2, 0) is 11.3 Å². The Morgan fingerprint density at radius 1 is 1.33 bits per heavy atom. The molecule has 0 radical (unpaired) electrons. The topological polar surface area (TPSA) is 24.5 Å². The smallest absolute Gasteiger partial charge is 0.149 e. The molecule has 1 aliphatic rings. The van der Waals surface area contributed by atoms with Crippen LogP contribution in [0.15, 0.2) is 12.1 Å². The van der Waals surface area contributed by atoms with Crippen molar-refractivity contribution in [3.05, 3.63) is 29.3 Å². The van der Waals surface area contributed by atoms with Crippen LogP contribution in [-0.4, -0.2) is 32.8 Å². The molecule has 0 saturated carbocycles. The average Bonchev–Trinajstić information content (AvgIpc) is 2.45. The van der Waals surface area contributed by atoms with E-state index in [-0.39, 0.29) is 11.8 Å². The van der Waals surface area contributed by atoms with E-state index in [1.807, 2.05) is 0 Å². The Labute approximate surface area is 125 Å². The van der Waals surface area contributed by atoms with Gasteiger partial charge in [-0.15, -0.1) is 0 Å². The summed E-state index contributed by atoms with van der Waals surface area (Å²) < 4.78 is 34.2. The second-order valence-corrected chi connectivity index (χ2v) is 5.52. The van der Waals surface area contributed by atoms with Crippen molar-refractivity contribution in [3.8, 4) is 0 Å². The molecular formula is C16H24F2N2O. The first-order valence-electron chi connectivity index (χ1n) is 7.64. The van der Waals surface area contributed by atoms with Crippen LogP contribution in [0.25, 0.3) is 0 Å². The lowest BCUT2D eigenvalue weighted by molar-refractivity contribution is 0.0438. The quantitative estimate of drug-likeness (QED) is 0.873. The van der Waals surface area contributed by atoms with Gasteiger partial charge in [0.25, 0.3) is 0 Å². The Bertz CT molecular complexity index is 445. The minimum Gasteiger partial charge on any atom is -0.376 e. The lowest BCUT2D eigenvalue weighted by Crippen LogP contribution is -2.40. The van der Waals surface area contributed by atoms with E-state index < -0.39 is 11.6 Å². The highest BCUT2D eigenvalue weighted by molar-refractivity contribution is 5.51. The number of piperidine rings is 1. The molecule has 21 heavy (non-hydrogen) atoms. The summed E-state index contributed by atoms with van der Waals surface area (Å²) in [6, 6.07) is 2.82. The zero-order valence-corrected chi connectivity index (χ0v) is 12.8. The highest BCUT2D eigenvalue weighted by atomic mass is 19.1. The van der Waals surface area contributed by atoms with Crippen LogP contribution >= 0.6 is 0 Å². The number of hydrogen-bond donors (Lipinski definition) is 1. The van der Waals surface area contributed by atoms with Crippen LogP contribution in [0.3, 0.4) is 0 Å². The molecule has 1 aliphatic heterocycles. The van der Waals surface area contributed by atoms with Crippen molar-refractivity contribution in [1.82, 2.24) is 5.32 Å². The molecule has 118 valence electrons. The van der Waals surface area contributed by atoms with Crippen LogP contribution < -0.4 is 10.2 Å². The molecule has 0 bridgehead atoms. The lowest BCUT2D eigenvalue weighted by atomic mass is 10.1. The van der Waals surface area contributed by atoms with Gasteiger partial charge < -0.3 is 15.0 Å². The molecule has 0 spiro atoms. The minimum absolute atomic E-state index is 0.0643. The van der Waals surface area contributed by atoms with Gasteiger partial charge in [-0.1, -0.05) is 6.92 Å². The second kappa shape index (κ2) is 7.71. The molecule has 1 aromatic carbocycles. The monoisotopic (exact) mass is 298 g/mol. The molecular weight excluding hydrogens is 274 g/mol. The molecule has 0 amide bonds. The van der Waals surface area contributed by atoms with Crippen molar-refractivity contribution in [1.29, 1.82) is 0 Å². The number of ether oxygens (including phenoxy) is 1. The summed E-state index contributed by atoms with van der Waals surface area (Å²) in [5, 5.41) is 2.90. The predicted octanol–water partition coefficient (Wildman–Crippen LogP) is 3.08. The molecule has 1 fully saturated rings. The second-order valence-electron chi connectivity index (χ2n) is 5.52. The zero-order chi connectivity index (χ0) is 15.2. The van der Waals surface area contributed by atoms with E-state index in [1.165, 1.54) is 12.1 Å².